The Kier molecular flexibility index (Phi) is 6.82. The van der Waals surface area contributed by atoms with Crippen LogP contribution in [0.15, 0.2) is 65.1 Å². The fourth-order valence-electron chi connectivity index (χ4n) is 3.09. The van der Waals surface area contributed by atoms with E-state index in [9.17, 15) is 0 Å². The SMILES string of the molecule is COc1cccc(OC)c1P(c1ccccc1Br)c1c(OC)cccc1OC. The fraction of sp³-hybridized carbons (Fsp3) is 0.182. The zero-order valence-corrected chi connectivity index (χ0v) is 18.7. The molecule has 0 unspecified atom stereocenters. The first kappa shape index (κ1) is 20.5. The molecule has 0 N–H and O–H groups in total. The third kappa shape index (κ3) is 3.82. The highest BCUT2D eigenvalue weighted by Gasteiger charge is 2.31. The van der Waals surface area contributed by atoms with E-state index in [1.54, 1.807) is 28.4 Å². The van der Waals surface area contributed by atoms with Gasteiger partial charge in [-0.25, -0.2) is 0 Å². The van der Waals surface area contributed by atoms with Gasteiger partial charge in [-0.2, -0.15) is 0 Å². The van der Waals surface area contributed by atoms with Crippen molar-refractivity contribution < 1.29 is 18.9 Å². The van der Waals surface area contributed by atoms with Crippen LogP contribution in [0.25, 0.3) is 0 Å². The Hall–Kier alpha value is -2.23. The molecule has 0 spiro atoms. The Balaban J connectivity index is 2.43. The summed E-state index contributed by atoms with van der Waals surface area (Å²) in [5.41, 5.74) is 0. The molecule has 4 nitrogen and oxygen atoms in total. The van der Waals surface area contributed by atoms with E-state index in [0.717, 1.165) is 43.4 Å². The lowest BCUT2D eigenvalue weighted by molar-refractivity contribution is 0.399. The van der Waals surface area contributed by atoms with Gasteiger partial charge in [-0.1, -0.05) is 46.3 Å². The lowest BCUT2D eigenvalue weighted by atomic mass is 10.3. The lowest BCUT2D eigenvalue weighted by Crippen LogP contribution is -2.26. The third-order valence-electron chi connectivity index (χ3n) is 4.34. The summed E-state index contributed by atoms with van der Waals surface area (Å²) < 4.78 is 24.0. The van der Waals surface area contributed by atoms with Crippen LogP contribution >= 0.6 is 23.9 Å². The highest BCUT2D eigenvalue weighted by molar-refractivity contribution is 9.10. The Morgan fingerprint density at radius 3 is 1.32 bits per heavy atom. The molecule has 0 fully saturated rings. The summed E-state index contributed by atoms with van der Waals surface area (Å²) in [5, 5.41) is 3.05. The summed E-state index contributed by atoms with van der Waals surface area (Å²) in [5.74, 6) is 3.03. The van der Waals surface area contributed by atoms with Gasteiger partial charge in [0, 0.05) is 12.4 Å². The van der Waals surface area contributed by atoms with Crippen LogP contribution in [0, 0.1) is 0 Å². The monoisotopic (exact) mass is 460 g/mol. The van der Waals surface area contributed by atoms with Gasteiger partial charge in [-0.15, -0.1) is 0 Å². The highest BCUT2D eigenvalue weighted by atomic mass is 79.9. The molecule has 0 radical (unpaired) electrons. The van der Waals surface area contributed by atoms with E-state index < -0.39 is 7.92 Å². The lowest BCUT2D eigenvalue weighted by Gasteiger charge is -2.27. The Morgan fingerprint density at radius 1 is 0.571 bits per heavy atom. The first-order valence-corrected chi connectivity index (χ1v) is 10.8. The summed E-state index contributed by atoms with van der Waals surface area (Å²) in [6, 6.07) is 19.8. The molecule has 3 aromatic rings. The molecule has 0 aliphatic carbocycles. The van der Waals surface area contributed by atoms with Gasteiger partial charge in [0.15, 0.2) is 0 Å². The average Bonchev–Trinajstić information content (AvgIpc) is 2.75. The molecule has 0 heterocycles. The molecule has 146 valence electrons. The number of methoxy groups -OCH3 is 4. The molecule has 28 heavy (non-hydrogen) atoms. The molecular weight excluding hydrogens is 439 g/mol. The van der Waals surface area contributed by atoms with Crippen LogP contribution in [0.1, 0.15) is 0 Å². The van der Waals surface area contributed by atoms with Crippen molar-refractivity contribution >= 4 is 39.8 Å². The highest BCUT2D eigenvalue weighted by Crippen LogP contribution is 2.46. The van der Waals surface area contributed by atoms with E-state index in [4.69, 9.17) is 18.9 Å². The van der Waals surface area contributed by atoms with Crippen molar-refractivity contribution in [2.24, 2.45) is 0 Å². The zero-order chi connectivity index (χ0) is 20.1. The first-order chi connectivity index (χ1) is 13.7. The van der Waals surface area contributed by atoms with Crippen molar-refractivity contribution in [1.29, 1.82) is 0 Å². The third-order valence-corrected chi connectivity index (χ3v) is 7.99. The number of hydrogen-bond acceptors (Lipinski definition) is 4. The summed E-state index contributed by atoms with van der Waals surface area (Å²) in [7, 11) is 5.57. The Labute approximate surface area is 175 Å². The van der Waals surface area contributed by atoms with Crippen molar-refractivity contribution in [2.75, 3.05) is 28.4 Å². The fourth-order valence-corrected chi connectivity index (χ4v) is 6.68. The Morgan fingerprint density at radius 2 is 0.964 bits per heavy atom. The van der Waals surface area contributed by atoms with Crippen molar-refractivity contribution in [1.82, 2.24) is 0 Å². The van der Waals surface area contributed by atoms with Crippen LogP contribution in [-0.2, 0) is 0 Å². The van der Waals surface area contributed by atoms with E-state index in [2.05, 4.69) is 22.0 Å². The van der Waals surface area contributed by atoms with Gasteiger partial charge in [-0.05, 0) is 35.6 Å². The van der Waals surface area contributed by atoms with Crippen LogP contribution < -0.4 is 34.9 Å². The molecule has 6 heteroatoms. The predicted molar refractivity (Wildman–Crippen MR) is 119 cm³/mol. The van der Waals surface area contributed by atoms with E-state index in [1.807, 2.05) is 54.6 Å². The van der Waals surface area contributed by atoms with Crippen LogP contribution in [0.2, 0.25) is 0 Å². The second-order valence-electron chi connectivity index (χ2n) is 5.81. The van der Waals surface area contributed by atoms with Gasteiger partial charge >= 0.3 is 0 Å². The first-order valence-electron chi connectivity index (χ1n) is 8.62. The number of rotatable bonds is 7. The number of benzene rings is 3. The molecule has 3 aromatic carbocycles. The van der Waals surface area contributed by atoms with Gasteiger partial charge < -0.3 is 18.9 Å². The average molecular weight is 461 g/mol. The minimum Gasteiger partial charge on any atom is -0.496 e. The standard InChI is InChI=1S/C22H22BrO4P/c1-24-16-10-7-11-17(25-2)21(16)28(20-14-6-5-9-15(20)23)22-18(26-3)12-8-13-19(22)27-4/h5-14H,1-4H3. The normalized spacial score (nSPS) is 10.6. The summed E-state index contributed by atoms with van der Waals surface area (Å²) in [4.78, 5) is 0. The minimum absolute atomic E-state index is 0.758. The van der Waals surface area contributed by atoms with E-state index in [0.29, 0.717) is 0 Å². The largest absolute Gasteiger partial charge is 0.496 e. The molecule has 0 aliphatic heterocycles. The van der Waals surface area contributed by atoms with Crippen LogP contribution in [0.5, 0.6) is 23.0 Å². The van der Waals surface area contributed by atoms with Crippen molar-refractivity contribution in [2.45, 2.75) is 0 Å². The minimum atomic E-state index is -1.12. The summed E-state index contributed by atoms with van der Waals surface area (Å²) in [6.07, 6.45) is 0. The van der Waals surface area contributed by atoms with Crippen molar-refractivity contribution in [3.05, 3.63) is 65.1 Å². The molecule has 0 aromatic heterocycles. The summed E-state index contributed by atoms with van der Waals surface area (Å²) in [6.45, 7) is 0. The van der Waals surface area contributed by atoms with Crippen molar-refractivity contribution in [3.8, 4) is 23.0 Å². The number of halogens is 1. The number of ether oxygens (including phenoxy) is 4. The summed E-state index contributed by atoms with van der Waals surface area (Å²) >= 11 is 3.73. The Bertz CT molecular complexity index is 861. The van der Waals surface area contributed by atoms with E-state index >= 15 is 0 Å². The molecular formula is C22H22BrO4P. The van der Waals surface area contributed by atoms with Gasteiger partial charge in [0.25, 0.3) is 0 Å². The molecule has 0 saturated carbocycles. The molecule has 0 saturated heterocycles. The van der Waals surface area contributed by atoms with Crippen LogP contribution in [0.3, 0.4) is 0 Å². The second kappa shape index (κ2) is 9.31. The van der Waals surface area contributed by atoms with Crippen molar-refractivity contribution in [3.63, 3.8) is 0 Å². The molecule has 3 rings (SSSR count). The zero-order valence-electron chi connectivity index (χ0n) is 16.2. The van der Waals surface area contributed by atoms with Crippen LogP contribution in [-0.4, -0.2) is 28.4 Å². The van der Waals surface area contributed by atoms with Gasteiger partial charge in [0.1, 0.15) is 23.0 Å². The molecule has 0 aliphatic rings. The quantitative estimate of drug-likeness (QED) is 0.494. The molecule has 0 atom stereocenters. The van der Waals surface area contributed by atoms with Gasteiger partial charge in [0.2, 0.25) is 0 Å². The van der Waals surface area contributed by atoms with Gasteiger partial charge in [-0.3, -0.25) is 0 Å². The van der Waals surface area contributed by atoms with Crippen LogP contribution in [0.4, 0.5) is 0 Å². The molecule has 0 bridgehead atoms. The smallest absolute Gasteiger partial charge is 0.130 e. The van der Waals surface area contributed by atoms with E-state index in [1.165, 1.54) is 0 Å². The maximum Gasteiger partial charge on any atom is 0.130 e. The number of hydrogen-bond donors (Lipinski definition) is 0. The predicted octanol–water partition coefficient (Wildman–Crippen LogP) is 4.24. The second-order valence-corrected chi connectivity index (χ2v) is 8.71. The maximum atomic E-state index is 5.74. The maximum absolute atomic E-state index is 5.74. The van der Waals surface area contributed by atoms with Gasteiger partial charge in [0.05, 0.1) is 39.0 Å². The van der Waals surface area contributed by atoms with E-state index in [-0.39, 0.29) is 0 Å². The molecule has 0 amide bonds. The topological polar surface area (TPSA) is 36.9 Å².